The monoisotopic (exact) mass is 484 g/mol. The Morgan fingerprint density at radius 1 is 1.11 bits per heavy atom. The maximum atomic E-state index is 13.4. The first-order chi connectivity index (χ1) is 17.1. The summed E-state index contributed by atoms with van der Waals surface area (Å²) in [5.74, 6) is 0.108. The van der Waals surface area contributed by atoms with Crippen LogP contribution >= 0.6 is 0 Å². The molecule has 0 bridgehead atoms. The fourth-order valence-corrected chi connectivity index (χ4v) is 5.91. The van der Waals surface area contributed by atoms with E-state index in [9.17, 15) is 14.4 Å². The molecule has 0 aliphatic carbocycles. The molecule has 192 valence electrons. The first kappa shape index (κ1) is 25.6. The molecule has 0 saturated carbocycles. The van der Waals surface area contributed by atoms with Crippen LogP contribution in [-0.2, 0) is 20.7 Å². The molecule has 1 N–H and O–H groups in total. The lowest BCUT2D eigenvalue weighted by atomic mass is 9.83. The Kier molecular flexibility index (Phi) is 9.15. The standard InChI is InChI=1S/C27H40N4O4/c1-35-18-8-16-30(20-22-11-7-15-29-14-6-5-12-24(22)29)25(32)19-23-26(33)31(27(34)28-23)17-13-21-9-3-2-4-10-21/h2-4,9-10,22-24H,5-8,11-20H2,1H3,(H,28,34)/t22-,23+,24+/m0/s1. The molecule has 3 aliphatic rings. The number of methoxy groups -OCH3 is 1. The van der Waals surface area contributed by atoms with Crippen molar-refractivity contribution in [1.82, 2.24) is 20.0 Å². The van der Waals surface area contributed by atoms with Crippen LogP contribution < -0.4 is 5.32 Å². The van der Waals surface area contributed by atoms with E-state index in [-0.39, 0.29) is 18.2 Å². The Morgan fingerprint density at radius 2 is 1.91 bits per heavy atom. The van der Waals surface area contributed by atoms with Crippen molar-refractivity contribution in [3.63, 3.8) is 0 Å². The number of nitrogens with one attached hydrogen (secondary N) is 1. The average molecular weight is 485 g/mol. The number of amides is 4. The number of nitrogens with zero attached hydrogens (tertiary/aromatic N) is 3. The number of carbonyl (C=O) groups excluding carboxylic acids is 3. The number of carbonyl (C=O) groups is 3. The van der Waals surface area contributed by atoms with Crippen LogP contribution in [-0.4, -0.2) is 91.1 Å². The zero-order valence-corrected chi connectivity index (χ0v) is 21.0. The van der Waals surface area contributed by atoms with Crippen LogP contribution in [0.15, 0.2) is 30.3 Å². The molecule has 0 spiro atoms. The summed E-state index contributed by atoms with van der Waals surface area (Å²) in [5, 5.41) is 2.75. The van der Waals surface area contributed by atoms with Gasteiger partial charge in [-0.05, 0) is 63.1 Å². The van der Waals surface area contributed by atoms with Gasteiger partial charge in [0.15, 0.2) is 0 Å². The zero-order valence-electron chi connectivity index (χ0n) is 21.0. The molecule has 4 amide bonds. The Hall–Kier alpha value is -2.45. The van der Waals surface area contributed by atoms with Gasteiger partial charge in [0.05, 0.1) is 6.42 Å². The minimum Gasteiger partial charge on any atom is -0.385 e. The number of imide groups is 1. The van der Waals surface area contributed by atoms with Crippen LogP contribution in [0.2, 0.25) is 0 Å². The summed E-state index contributed by atoms with van der Waals surface area (Å²) in [6.07, 6.45) is 7.43. The third kappa shape index (κ3) is 6.61. The summed E-state index contributed by atoms with van der Waals surface area (Å²) in [5.41, 5.74) is 1.07. The minimum absolute atomic E-state index is 0.0144. The van der Waals surface area contributed by atoms with Crippen molar-refractivity contribution in [2.24, 2.45) is 5.92 Å². The predicted molar refractivity (Wildman–Crippen MR) is 134 cm³/mol. The summed E-state index contributed by atoms with van der Waals surface area (Å²) in [4.78, 5) is 44.7. The van der Waals surface area contributed by atoms with Crippen LogP contribution in [0.25, 0.3) is 0 Å². The van der Waals surface area contributed by atoms with Gasteiger partial charge in [-0.25, -0.2) is 4.79 Å². The highest BCUT2D eigenvalue weighted by molar-refractivity contribution is 6.05. The fourth-order valence-electron chi connectivity index (χ4n) is 5.91. The number of rotatable bonds is 11. The van der Waals surface area contributed by atoms with Gasteiger partial charge in [0.1, 0.15) is 6.04 Å². The Balaban J connectivity index is 1.36. The molecule has 3 fully saturated rings. The lowest BCUT2D eigenvalue weighted by molar-refractivity contribution is -0.136. The van der Waals surface area contributed by atoms with Crippen molar-refractivity contribution < 1.29 is 19.1 Å². The Bertz CT molecular complexity index is 862. The van der Waals surface area contributed by atoms with Crippen molar-refractivity contribution >= 4 is 17.8 Å². The predicted octanol–water partition coefficient (Wildman–Crippen LogP) is 2.67. The maximum absolute atomic E-state index is 13.4. The van der Waals surface area contributed by atoms with Crippen molar-refractivity contribution in [3.8, 4) is 0 Å². The third-order valence-electron chi connectivity index (χ3n) is 7.77. The summed E-state index contributed by atoms with van der Waals surface area (Å²) in [6.45, 7) is 4.58. The minimum atomic E-state index is -0.784. The molecular formula is C27H40N4O4. The quantitative estimate of drug-likeness (QED) is 0.386. The second kappa shape index (κ2) is 12.5. The van der Waals surface area contributed by atoms with Crippen molar-refractivity contribution in [2.75, 3.05) is 46.4 Å². The summed E-state index contributed by atoms with van der Waals surface area (Å²) < 4.78 is 5.23. The second-order valence-corrected chi connectivity index (χ2v) is 10.1. The molecule has 4 rings (SSSR count). The van der Waals surface area contributed by atoms with Crippen LogP contribution in [0, 0.1) is 5.92 Å². The molecule has 1 aromatic carbocycles. The van der Waals surface area contributed by atoms with E-state index in [1.165, 1.54) is 43.7 Å². The molecule has 8 nitrogen and oxygen atoms in total. The van der Waals surface area contributed by atoms with Gasteiger partial charge < -0.3 is 19.9 Å². The van der Waals surface area contributed by atoms with E-state index in [0.717, 1.165) is 24.9 Å². The van der Waals surface area contributed by atoms with Crippen LogP contribution in [0.5, 0.6) is 0 Å². The maximum Gasteiger partial charge on any atom is 0.324 e. The molecule has 3 heterocycles. The fraction of sp³-hybridized carbons (Fsp3) is 0.667. The van der Waals surface area contributed by atoms with E-state index in [2.05, 4.69) is 10.2 Å². The highest BCUT2D eigenvalue weighted by atomic mass is 16.5. The van der Waals surface area contributed by atoms with Gasteiger partial charge in [0.25, 0.3) is 5.91 Å². The number of piperidine rings is 2. The lowest BCUT2D eigenvalue weighted by Gasteiger charge is -2.45. The first-order valence-corrected chi connectivity index (χ1v) is 13.2. The smallest absolute Gasteiger partial charge is 0.324 e. The van der Waals surface area contributed by atoms with E-state index < -0.39 is 12.1 Å². The summed E-state index contributed by atoms with van der Waals surface area (Å²) in [6, 6.07) is 9.16. The summed E-state index contributed by atoms with van der Waals surface area (Å²) in [7, 11) is 1.67. The lowest BCUT2D eigenvalue weighted by Crippen LogP contribution is -2.52. The van der Waals surface area contributed by atoms with Crippen LogP contribution in [0.3, 0.4) is 0 Å². The number of benzene rings is 1. The zero-order chi connectivity index (χ0) is 24.6. The highest BCUT2D eigenvalue weighted by Crippen LogP contribution is 2.31. The van der Waals surface area contributed by atoms with Gasteiger partial charge in [-0.1, -0.05) is 36.8 Å². The van der Waals surface area contributed by atoms with Gasteiger partial charge in [0, 0.05) is 39.4 Å². The highest BCUT2D eigenvalue weighted by Gasteiger charge is 2.40. The number of ether oxygens (including phenoxy) is 1. The molecule has 0 aromatic heterocycles. The van der Waals surface area contributed by atoms with Crippen LogP contribution in [0.1, 0.15) is 50.5 Å². The van der Waals surface area contributed by atoms with Gasteiger partial charge in [-0.3, -0.25) is 14.5 Å². The van der Waals surface area contributed by atoms with Gasteiger partial charge in [0.2, 0.25) is 5.91 Å². The molecule has 8 heteroatoms. The second-order valence-electron chi connectivity index (χ2n) is 10.1. The summed E-state index contributed by atoms with van der Waals surface area (Å²) >= 11 is 0. The Labute approximate surface area is 209 Å². The third-order valence-corrected chi connectivity index (χ3v) is 7.77. The number of urea groups is 1. The first-order valence-electron chi connectivity index (χ1n) is 13.2. The molecule has 3 atom stereocenters. The topological polar surface area (TPSA) is 82.2 Å². The van der Waals surface area contributed by atoms with Gasteiger partial charge >= 0.3 is 6.03 Å². The van der Waals surface area contributed by atoms with Crippen molar-refractivity contribution in [2.45, 2.75) is 63.5 Å². The van der Waals surface area contributed by atoms with E-state index in [1.807, 2.05) is 35.2 Å². The Morgan fingerprint density at radius 3 is 2.71 bits per heavy atom. The van der Waals surface area contributed by atoms with E-state index in [4.69, 9.17) is 4.74 Å². The molecular weight excluding hydrogens is 444 g/mol. The van der Waals surface area contributed by atoms with E-state index in [1.54, 1.807) is 7.11 Å². The molecule has 3 saturated heterocycles. The molecule has 1 aromatic rings. The van der Waals surface area contributed by atoms with E-state index >= 15 is 0 Å². The molecule has 0 unspecified atom stereocenters. The largest absolute Gasteiger partial charge is 0.385 e. The van der Waals surface area contributed by atoms with Gasteiger partial charge in [-0.15, -0.1) is 0 Å². The molecule has 35 heavy (non-hydrogen) atoms. The van der Waals surface area contributed by atoms with Crippen LogP contribution in [0.4, 0.5) is 4.79 Å². The number of hydrogen-bond donors (Lipinski definition) is 1. The van der Waals surface area contributed by atoms with Crippen molar-refractivity contribution in [1.29, 1.82) is 0 Å². The van der Waals surface area contributed by atoms with Gasteiger partial charge in [-0.2, -0.15) is 0 Å². The SMILES string of the molecule is COCCCN(C[C@@H]1CCCN2CCCC[C@H]12)C(=O)C[C@H]1NC(=O)N(CCc2ccccc2)C1=O. The number of fused-ring (bicyclic) bond motifs is 1. The molecule has 0 radical (unpaired) electrons. The van der Waals surface area contributed by atoms with E-state index in [0.29, 0.717) is 38.1 Å². The molecule has 3 aliphatic heterocycles. The van der Waals surface area contributed by atoms with Crippen molar-refractivity contribution in [3.05, 3.63) is 35.9 Å². The number of hydrogen-bond acceptors (Lipinski definition) is 5. The average Bonchev–Trinajstić information content (AvgIpc) is 3.14. The normalized spacial score (nSPS) is 24.8.